The fraction of sp³-hybridized carbons (Fsp3) is 0.0833. The standard InChI is InChI=1S/C12H12N4O2/c13-11(17)7-14-12(18)9-6-15-16(8-9)10-4-2-1-3-5-10/h1-6,8H,7H2,(H2,13,17)(H,14,18). The summed E-state index contributed by atoms with van der Waals surface area (Å²) in [5, 5.41) is 6.47. The summed E-state index contributed by atoms with van der Waals surface area (Å²) in [5.74, 6) is -0.963. The van der Waals surface area contributed by atoms with Crippen LogP contribution in [0.3, 0.4) is 0 Å². The van der Waals surface area contributed by atoms with Gasteiger partial charge in [0.1, 0.15) is 0 Å². The second-order valence-corrected chi connectivity index (χ2v) is 3.66. The Kier molecular flexibility index (Phi) is 3.38. The van der Waals surface area contributed by atoms with Crippen LogP contribution in [0.4, 0.5) is 0 Å². The highest BCUT2D eigenvalue weighted by Crippen LogP contribution is 2.07. The van der Waals surface area contributed by atoms with E-state index in [-0.39, 0.29) is 12.5 Å². The highest BCUT2D eigenvalue weighted by atomic mass is 16.2. The highest BCUT2D eigenvalue weighted by molar-refractivity contribution is 5.95. The van der Waals surface area contributed by atoms with Gasteiger partial charge < -0.3 is 11.1 Å². The molecular weight excluding hydrogens is 232 g/mol. The second kappa shape index (κ2) is 5.13. The van der Waals surface area contributed by atoms with E-state index in [0.717, 1.165) is 5.69 Å². The maximum atomic E-state index is 11.6. The molecule has 0 unspecified atom stereocenters. The molecule has 0 fully saturated rings. The van der Waals surface area contributed by atoms with Crippen molar-refractivity contribution in [1.82, 2.24) is 15.1 Å². The average molecular weight is 244 g/mol. The minimum absolute atomic E-state index is 0.185. The Morgan fingerprint density at radius 3 is 2.67 bits per heavy atom. The van der Waals surface area contributed by atoms with Crippen LogP contribution < -0.4 is 11.1 Å². The van der Waals surface area contributed by atoms with Crippen molar-refractivity contribution in [2.24, 2.45) is 5.73 Å². The number of nitrogens with zero attached hydrogens (tertiary/aromatic N) is 2. The van der Waals surface area contributed by atoms with Crippen molar-refractivity contribution in [3.05, 3.63) is 48.3 Å². The first-order chi connectivity index (χ1) is 8.66. The molecule has 3 N–H and O–H groups in total. The number of para-hydroxylation sites is 1. The molecule has 0 aliphatic heterocycles. The van der Waals surface area contributed by atoms with Gasteiger partial charge in [0.25, 0.3) is 5.91 Å². The van der Waals surface area contributed by atoms with Gasteiger partial charge in [-0.15, -0.1) is 0 Å². The minimum Gasteiger partial charge on any atom is -0.368 e. The zero-order chi connectivity index (χ0) is 13.0. The number of hydrogen-bond acceptors (Lipinski definition) is 3. The smallest absolute Gasteiger partial charge is 0.254 e. The van der Waals surface area contributed by atoms with E-state index in [1.54, 1.807) is 10.9 Å². The van der Waals surface area contributed by atoms with Gasteiger partial charge in [-0.05, 0) is 12.1 Å². The number of rotatable bonds is 4. The van der Waals surface area contributed by atoms with E-state index in [9.17, 15) is 9.59 Å². The van der Waals surface area contributed by atoms with E-state index >= 15 is 0 Å². The van der Waals surface area contributed by atoms with Crippen LogP contribution in [0.15, 0.2) is 42.7 Å². The zero-order valence-corrected chi connectivity index (χ0v) is 9.54. The van der Waals surface area contributed by atoms with E-state index in [1.807, 2.05) is 30.3 Å². The lowest BCUT2D eigenvalue weighted by Crippen LogP contribution is -2.33. The first-order valence-corrected chi connectivity index (χ1v) is 5.33. The molecule has 0 aliphatic rings. The van der Waals surface area contributed by atoms with Gasteiger partial charge in [0.2, 0.25) is 5.91 Å². The van der Waals surface area contributed by atoms with E-state index in [4.69, 9.17) is 5.73 Å². The van der Waals surface area contributed by atoms with Crippen LogP contribution in [0, 0.1) is 0 Å². The number of primary amides is 1. The Morgan fingerprint density at radius 1 is 1.28 bits per heavy atom. The van der Waals surface area contributed by atoms with Crippen molar-refractivity contribution in [2.75, 3.05) is 6.54 Å². The predicted molar refractivity (Wildman–Crippen MR) is 65.1 cm³/mol. The van der Waals surface area contributed by atoms with Gasteiger partial charge in [-0.25, -0.2) is 4.68 Å². The number of benzene rings is 1. The summed E-state index contributed by atoms with van der Waals surface area (Å²) in [7, 11) is 0. The predicted octanol–water partition coefficient (Wildman–Crippen LogP) is 0.0874. The van der Waals surface area contributed by atoms with Crippen LogP contribution in [0.1, 0.15) is 10.4 Å². The number of amides is 2. The van der Waals surface area contributed by atoms with Gasteiger partial charge in [0.05, 0.1) is 24.0 Å². The maximum Gasteiger partial charge on any atom is 0.254 e. The van der Waals surface area contributed by atoms with Crippen molar-refractivity contribution in [2.45, 2.75) is 0 Å². The molecule has 0 bridgehead atoms. The van der Waals surface area contributed by atoms with Crippen LogP contribution in [0.25, 0.3) is 5.69 Å². The van der Waals surface area contributed by atoms with Crippen molar-refractivity contribution < 1.29 is 9.59 Å². The first kappa shape index (κ1) is 11.8. The van der Waals surface area contributed by atoms with Gasteiger partial charge in [0.15, 0.2) is 0 Å². The maximum absolute atomic E-state index is 11.6. The second-order valence-electron chi connectivity index (χ2n) is 3.66. The van der Waals surface area contributed by atoms with E-state index in [2.05, 4.69) is 10.4 Å². The quantitative estimate of drug-likeness (QED) is 0.798. The number of carbonyl (C=O) groups excluding carboxylic acids is 2. The molecule has 6 heteroatoms. The van der Waals surface area contributed by atoms with Crippen molar-refractivity contribution in [3.63, 3.8) is 0 Å². The van der Waals surface area contributed by atoms with Crippen molar-refractivity contribution >= 4 is 11.8 Å². The molecule has 92 valence electrons. The minimum atomic E-state index is -0.584. The molecule has 0 spiro atoms. The SMILES string of the molecule is NC(=O)CNC(=O)c1cnn(-c2ccccc2)c1. The summed E-state index contributed by atoms with van der Waals surface area (Å²) in [6.45, 7) is -0.185. The molecular formula is C12H12N4O2. The summed E-state index contributed by atoms with van der Waals surface area (Å²) in [4.78, 5) is 22.2. The van der Waals surface area contributed by atoms with E-state index in [1.165, 1.54) is 6.20 Å². The number of carbonyl (C=O) groups is 2. The van der Waals surface area contributed by atoms with Crippen molar-refractivity contribution in [3.8, 4) is 5.69 Å². The number of nitrogens with one attached hydrogen (secondary N) is 1. The van der Waals surface area contributed by atoms with Gasteiger partial charge in [-0.2, -0.15) is 5.10 Å². The molecule has 2 amide bonds. The Morgan fingerprint density at radius 2 is 2.00 bits per heavy atom. The zero-order valence-electron chi connectivity index (χ0n) is 9.54. The van der Waals surface area contributed by atoms with E-state index < -0.39 is 5.91 Å². The van der Waals surface area contributed by atoms with Gasteiger partial charge in [0, 0.05) is 6.20 Å². The summed E-state index contributed by atoms with van der Waals surface area (Å²) in [6, 6.07) is 9.40. The lowest BCUT2D eigenvalue weighted by Gasteiger charge is -2.00. The molecule has 2 rings (SSSR count). The largest absolute Gasteiger partial charge is 0.368 e. The molecule has 0 saturated heterocycles. The molecule has 0 aliphatic carbocycles. The molecule has 0 atom stereocenters. The molecule has 0 radical (unpaired) electrons. The van der Waals surface area contributed by atoms with Crippen LogP contribution in [-0.4, -0.2) is 28.1 Å². The molecule has 18 heavy (non-hydrogen) atoms. The van der Waals surface area contributed by atoms with Crippen molar-refractivity contribution in [1.29, 1.82) is 0 Å². The fourth-order valence-electron chi connectivity index (χ4n) is 1.43. The van der Waals surface area contributed by atoms with Crippen LogP contribution in [0.2, 0.25) is 0 Å². The monoisotopic (exact) mass is 244 g/mol. The summed E-state index contributed by atoms with van der Waals surface area (Å²) in [6.07, 6.45) is 3.02. The van der Waals surface area contributed by atoms with Crippen LogP contribution in [0.5, 0.6) is 0 Å². The summed E-state index contributed by atoms with van der Waals surface area (Å²) < 4.78 is 1.58. The lowest BCUT2D eigenvalue weighted by molar-refractivity contribution is -0.117. The third-order valence-corrected chi connectivity index (χ3v) is 2.29. The Labute approximate surface area is 103 Å². The Bertz CT molecular complexity index is 562. The molecule has 1 heterocycles. The lowest BCUT2D eigenvalue weighted by atomic mass is 10.3. The number of hydrogen-bond donors (Lipinski definition) is 2. The van der Waals surface area contributed by atoms with E-state index in [0.29, 0.717) is 5.56 Å². The third-order valence-electron chi connectivity index (χ3n) is 2.29. The molecule has 6 nitrogen and oxygen atoms in total. The Hall–Kier alpha value is -2.63. The first-order valence-electron chi connectivity index (χ1n) is 5.33. The molecule has 0 saturated carbocycles. The van der Waals surface area contributed by atoms with Gasteiger partial charge in [-0.3, -0.25) is 9.59 Å². The third kappa shape index (κ3) is 2.73. The normalized spacial score (nSPS) is 10.0. The summed E-state index contributed by atoms with van der Waals surface area (Å²) >= 11 is 0. The van der Waals surface area contributed by atoms with Crippen LogP contribution in [-0.2, 0) is 4.79 Å². The number of nitrogens with two attached hydrogens (primary N) is 1. The fourth-order valence-corrected chi connectivity index (χ4v) is 1.43. The molecule has 2 aromatic rings. The molecule has 1 aromatic heterocycles. The average Bonchev–Trinajstić information content (AvgIpc) is 2.86. The van der Waals surface area contributed by atoms with Gasteiger partial charge in [-0.1, -0.05) is 18.2 Å². The summed E-state index contributed by atoms with van der Waals surface area (Å²) in [5.41, 5.74) is 6.17. The highest BCUT2D eigenvalue weighted by Gasteiger charge is 2.09. The topological polar surface area (TPSA) is 90.0 Å². The van der Waals surface area contributed by atoms with Crippen LogP contribution >= 0.6 is 0 Å². The van der Waals surface area contributed by atoms with Gasteiger partial charge >= 0.3 is 0 Å². The number of aromatic nitrogens is 2. The Balaban J connectivity index is 2.11. The molecule has 1 aromatic carbocycles.